The maximum absolute atomic E-state index is 6.13. The molecule has 1 aromatic heterocycles. The molecule has 0 atom stereocenters. The van der Waals surface area contributed by atoms with E-state index in [-0.39, 0.29) is 0 Å². The molecule has 0 spiro atoms. The average molecular weight is 442 g/mol. The molecule has 4 rings (SSSR count). The molecule has 5 nitrogen and oxygen atoms in total. The van der Waals surface area contributed by atoms with Crippen LogP contribution in [-0.2, 0) is 13.2 Å². The molecule has 0 amide bonds. The zero-order chi connectivity index (χ0) is 23.6. The third-order valence-electron chi connectivity index (χ3n) is 5.10. The van der Waals surface area contributed by atoms with Gasteiger partial charge >= 0.3 is 0 Å². The predicted molar refractivity (Wildman–Crippen MR) is 134 cm³/mol. The van der Waals surface area contributed by atoms with E-state index in [9.17, 15) is 0 Å². The Morgan fingerprint density at radius 3 is 2.00 bits per heavy atom. The van der Waals surface area contributed by atoms with E-state index in [0.717, 1.165) is 45.0 Å². The van der Waals surface area contributed by atoms with Gasteiger partial charge in [0.25, 0.3) is 0 Å². The number of aromatic nitrogens is 2. The first-order chi connectivity index (χ1) is 16.0. The Labute approximate surface area is 194 Å². The molecular formula is C28H31N3O2. The van der Waals surface area contributed by atoms with E-state index in [1.54, 1.807) is 7.11 Å². The Bertz CT molecular complexity index is 1360. The van der Waals surface area contributed by atoms with Crippen LogP contribution in [0.25, 0.3) is 12.3 Å². The number of nitrogens with zero attached hydrogens (tertiary/aromatic N) is 2. The lowest BCUT2D eigenvalue weighted by Gasteiger charge is -2.08. The Hall–Kier alpha value is -3.99. The minimum Gasteiger partial charge on any atom is -0.497 e. The molecule has 170 valence electrons. The second kappa shape index (κ2) is 11.6. The molecule has 0 aliphatic rings. The van der Waals surface area contributed by atoms with Crippen LogP contribution in [0, 0.1) is 10.6 Å². The van der Waals surface area contributed by atoms with Crippen LogP contribution in [-0.4, -0.2) is 16.7 Å². The summed E-state index contributed by atoms with van der Waals surface area (Å²) in [5.41, 5.74) is 6.81. The number of imidazole rings is 1. The smallest absolute Gasteiger partial charge is 0.148 e. The summed E-state index contributed by atoms with van der Waals surface area (Å²) in [6, 6.07) is 27.5. The number of hydrogen-bond acceptors (Lipinski definition) is 4. The van der Waals surface area contributed by atoms with E-state index in [2.05, 4.69) is 24.1 Å². The fourth-order valence-corrected chi connectivity index (χ4v) is 3.47. The lowest BCUT2D eigenvalue weighted by molar-refractivity contribution is 0.289. The molecule has 0 unspecified atom stereocenters. The summed E-state index contributed by atoms with van der Waals surface area (Å²) in [6.45, 7) is 9.28. The molecule has 1 heterocycles. The summed E-state index contributed by atoms with van der Waals surface area (Å²) in [7, 11) is 1.66. The second-order valence-electron chi connectivity index (χ2n) is 7.43. The molecule has 0 saturated heterocycles. The van der Waals surface area contributed by atoms with E-state index < -0.39 is 0 Å². The van der Waals surface area contributed by atoms with Crippen molar-refractivity contribution < 1.29 is 9.47 Å². The quantitative estimate of drug-likeness (QED) is 0.509. The van der Waals surface area contributed by atoms with E-state index in [1.807, 2.05) is 85.8 Å². The third kappa shape index (κ3) is 6.04. The molecule has 0 radical (unpaired) electrons. The fourth-order valence-electron chi connectivity index (χ4n) is 3.47. The van der Waals surface area contributed by atoms with Gasteiger partial charge in [0.05, 0.1) is 12.5 Å². The lowest BCUT2D eigenvalue weighted by Crippen LogP contribution is -2.16. The van der Waals surface area contributed by atoms with Crippen LogP contribution in [0.5, 0.6) is 11.5 Å². The highest BCUT2D eigenvalue weighted by Gasteiger charge is 2.09. The second-order valence-corrected chi connectivity index (χ2v) is 7.43. The van der Waals surface area contributed by atoms with Gasteiger partial charge in [-0.3, -0.25) is 0 Å². The maximum Gasteiger partial charge on any atom is 0.148 e. The van der Waals surface area contributed by atoms with Crippen molar-refractivity contribution in [3.63, 3.8) is 0 Å². The van der Waals surface area contributed by atoms with Crippen LogP contribution in [0.1, 0.15) is 19.7 Å². The Morgan fingerprint density at radius 2 is 1.48 bits per heavy atom. The van der Waals surface area contributed by atoms with Crippen molar-refractivity contribution in [2.75, 3.05) is 7.11 Å². The van der Waals surface area contributed by atoms with Gasteiger partial charge in [-0.1, -0.05) is 67.2 Å². The maximum atomic E-state index is 6.13. The van der Waals surface area contributed by atoms with Crippen molar-refractivity contribution in [2.45, 2.75) is 27.0 Å². The van der Waals surface area contributed by atoms with Crippen LogP contribution in [0.4, 0.5) is 0 Å². The SMILES string of the molecule is C=c1cccc/c1=c1/c(=C(\C)N)nc(COc2ccccc2)n1CC.COc1ccccc1. The van der Waals surface area contributed by atoms with Crippen LogP contribution in [0.15, 0.2) is 84.9 Å². The highest BCUT2D eigenvalue weighted by molar-refractivity contribution is 5.35. The zero-order valence-corrected chi connectivity index (χ0v) is 19.5. The summed E-state index contributed by atoms with van der Waals surface area (Å²) < 4.78 is 13.0. The van der Waals surface area contributed by atoms with Gasteiger partial charge in [0.15, 0.2) is 0 Å². The van der Waals surface area contributed by atoms with Gasteiger partial charge in [0.1, 0.15) is 29.3 Å². The standard InChI is InChI=1S/C21H23N3O.C7H8O/c1-4-24-19(14-25-17-11-6-5-7-12-17)23-20(16(3)22)21(24)18-13-9-8-10-15(18)2;1-8-7-5-3-2-4-6-7/h5-13H,2,4,14,22H2,1,3H3;2-6H,1H3/b20-16-,21-18+;. The summed E-state index contributed by atoms with van der Waals surface area (Å²) in [5, 5.41) is 3.79. The fraction of sp³-hybridized carbons (Fsp3) is 0.179. The van der Waals surface area contributed by atoms with Crippen LogP contribution >= 0.6 is 0 Å². The van der Waals surface area contributed by atoms with E-state index in [1.165, 1.54) is 0 Å². The van der Waals surface area contributed by atoms with Crippen molar-refractivity contribution in [3.05, 3.63) is 112 Å². The van der Waals surface area contributed by atoms with Crippen LogP contribution in [0.3, 0.4) is 0 Å². The van der Waals surface area contributed by atoms with Gasteiger partial charge in [0.2, 0.25) is 0 Å². The highest BCUT2D eigenvalue weighted by Crippen LogP contribution is 2.11. The monoisotopic (exact) mass is 441 g/mol. The third-order valence-corrected chi connectivity index (χ3v) is 5.10. The number of rotatable bonds is 5. The van der Waals surface area contributed by atoms with Gasteiger partial charge in [-0.2, -0.15) is 0 Å². The molecule has 3 aromatic carbocycles. The number of nitrogens with two attached hydrogens (primary N) is 1. The summed E-state index contributed by atoms with van der Waals surface area (Å²) in [4.78, 5) is 4.76. The van der Waals surface area contributed by atoms with Crippen LogP contribution in [0.2, 0.25) is 0 Å². The summed E-state index contributed by atoms with van der Waals surface area (Å²) >= 11 is 0. The molecular weight excluding hydrogens is 410 g/mol. The number of ether oxygens (including phenoxy) is 2. The van der Waals surface area contributed by atoms with Crippen LogP contribution < -0.4 is 25.8 Å². The average Bonchev–Trinajstić information content (AvgIpc) is 3.23. The molecule has 0 aliphatic heterocycles. The molecule has 5 heteroatoms. The van der Waals surface area contributed by atoms with E-state index in [0.29, 0.717) is 12.3 Å². The minimum atomic E-state index is 0.386. The van der Waals surface area contributed by atoms with Crippen molar-refractivity contribution >= 4 is 12.3 Å². The molecule has 0 aliphatic carbocycles. The lowest BCUT2D eigenvalue weighted by atomic mass is 10.2. The minimum absolute atomic E-state index is 0.386. The highest BCUT2D eigenvalue weighted by atomic mass is 16.5. The first-order valence-electron chi connectivity index (χ1n) is 10.9. The zero-order valence-electron chi connectivity index (χ0n) is 19.5. The first-order valence-corrected chi connectivity index (χ1v) is 10.9. The van der Waals surface area contributed by atoms with Gasteiger partial charge in [0, 0.05) is 17.5 Å². The van der Waals surface area contributed by atoms with Crippen molar-refractivity contribution in [3.8, 4) is 11.5 Å². The van der Waals surface area contributed by atoms with Gasteiger partial charge in [-0.15, -0.1) is 0 Å². The number of benzene rings is 3. The molecule has 2 N–H and O–H groups in total. The van der Waals surface area contributed by atoms with E-state index >= 15 is 0 Å². The summed E-state index contributed by atoms with van der Waals surface area (Å²) in [5.74, 6) is 2.58. The first kappa shape index (κ1) is 23.7. The molecule has 0 fully saturated rings. The molecule has 4 aromatic rings. The largest absolute Gasteiger partial charge is 0.497 e. The van der Waals surface area contributed by atoms with Crippen molar-refractivity contribution in [1.29, 1.82) is 0 Å². The van der Waals surface area contributed by atoms with Gasteiger partial charge in [-0.05, 0) is 43.3 Å². The number of hydrogen-bond donors (Lipinski definition) is 1. The van der Waals surface area contributed by atoms with Crippen molar-refractivity contribution in [1.82, 2.24) is 9.55 Å². The Balaban J connectivity index is 0.000000323. The van der Waals surface area contributed by atoms with E-state index in [4.69, 9.17) is 20.2 Å². The Kier molecular flexibility index (Phi) is 8.30. The van der Waals surface area contributed by atoms with Gasteiger partial charge < -0.3 is 19.8 Å². The number of para-hydroxylation sites is 2. The summed E-state index contributed by atoms with van der Waals surface area (Å²) in [6.07, 6.45) is 0. The molecule has 33 heavy (non-hydrogen) atoms. The topological polar surface area (TPSA) is 62.3 Å². The van der Waals surface area contributed by atoms with Crippen molar-refractivity contribution in [2.24, 2.45) is 5.73 Å². The van der Waals surface area contributed by atoms with Gasteiger partial charge in [-0.25, -0.2) is 4.98 Å². The molecule has 0 bridgehead atoms. The normalized spacial score (nSPS) is 12.3. The predicted octanol–water partition coefficient (Wildman–Crippen LogP) is 3.96. The molecule has 0 saturated carbocycles. The number of methoxy groups -OCH3 is 1. The Morgan fingerprint density at radius 1 is 0.909 bits per heavy atom.